The fourth-order valence-electron chi connectivity index (χ4n) is 5.15. The number of piperidine rings is 1. The molecule has 0 atom stereocenters. The number of hydrogen-bond acceptors (Lipinski definition) is 4. The lowest BCUT2D eigenvalue weighted by molar-refractivity contribution is 0.249. The van der Waals surface area contributed by atoms with Gasteiger partial charge in [0.1, 0.15) is 12.1 Å². The smallest absolute Gasteiger partial charge is 0.179 e. The van der Waals surface area contributed by atoms with E-state index in [2.05, 4.69) is 69.0 Å². The first-order valence-corrected chi connectivity index (χ1v) is 11.5. The van der Waals surface area contributed by atoms with E-state index >= 15 is 0 Å². The van der Waals surface area contributed by atoms with E-state index in [1.54, 1.807) is 6.33 Å². The molecule has 4 heterocycles. The maximum atomic E-state index is 13.4. The molecule has 0 unspecified atom stereocenters. The van der Waals surface area contributed by atoms with Crippen molar-refractivity contribution in [3.63, 3.8) is 0 Å². The SMILES string of the molecule is CN(C)C1CCN(c2ccc3c(c2)Cn2cc(-c4ccc(F)cc4)cc2-c2ncnn2-3)CC1. The van der Waals surface area contributed by atoms with Gasteiger partial charge in [-0.05, 0) is 74.5 Å². The molecular formula is C26H27FN6. The molecule has 0 radical (unpaired) electrons. The summed E-state index contributed by atoms with van der Waals surface area (Å²) in [6, 6.07) is 16.1. The third kappa shape index (κ3) is 3.53. The predicted octanol–water partition coefficient (Wildman–Crippen LogP) is 4.43. The van der Waals surface area contributed by atoms with Crippen molar-refractivity contribution >= 4 is 5.69 Å². The quantitative estimate of drug-likeness (QED) is 0.415. The third-order valence-corrected chi connectivity index (χ3v) is 7.04. The zero-order valence-corrected chi connectivity index (χ0v) is 18.9. The number of benzene rings is 2. The summed E-state index contributed by atoms with van der Waals surface area (Å²) in [4.78, 5) is 9.41. The van der Waals surface area contributed by atoms with Crippen molar-refractivity contribution in [2.45, 2.75) is 25.4 Å². The summed E-state index contributed by atoms with van der Waals surface area (Å²) >= 11 is 0. The fraction of sp³-hybridized carbons (Fsp3) is 0.308. The van der Waals surface area contributed by atoms with Crippen molar-refractivity contribution < 1.29 is 4.39 Å². The summed E-state index contributed by atoms with van der Waals surface area (Å²) in [7, 11) is 4.35. The second kappa shape index (κ2) is 7.85. The van der Waals surface area contributed by atoms with E-state index in [9.17, 15) is 4.39 Å². The number of rotatable bonds is 3. The molecule has 6 nitrogen and oxygen atoms in total. The van der Waals surface area contributed by atoms with Gasteiger partial charge in [0.05, 0.1) is 11.4 Å². The van der Waals surface area contributed by atoms with Crippen LogP contribution in [0.5, 0.6) is 0 Å². The fourth-order valence-corrected chi connectivity index (χ4v) is 5.15. The number of halogens is 1. The van der Waals surface area contributed by atoms with Crippen molar-refractivity contribution in [2.24, 2.45) is 0 Å². The topological polar surface area (TPSA) is 42.1 Å². The van der Waals surface area contributed by atoms with Gasteiger partial charge in [-0.2, -0.15) is 5.10 Å². The molecule has 0 amide bonds. The molecule has 168 valence electrons. The normalized spacial score (nSPS) is 15.8. The van der Waals surface area contributed by atoms with Gasteiger partial charge in [-0.1, -0.05) is 12.1 Å². The van der Waals surface area contributed by atoms with E-state index < -0.39 is 0 Å². The van der Waals surface area contributed by atoms with Crippen molar-refractivity contribution in [3.05, 3.63) is 72.4 Å². The van der Waals surface area contributed by atoms with E-state index in [0.717, 1.165) is 48.0 Å². The Hall–Kier alpha value is -3.45. The predicted molar refractivity (Wildman–Crippen MR) is 128 cm³/mol. The van der Waals surface area contributed by atoms with Crippen LogP contribution in [0.25, 0.3) is 28.3 Å². The Bertz CT molecular complexity index is 1290. The molecule has 0 spiro atoms. The Balaban J connectivity index is 1.37. The van der Waals surface area contributed by atoms with Crippen LogP contribution in [-0.2, 0) is 6.54 Å². The standard InChI is InChI=1S/C26H27FN6/c1-30(2)22-9-11-31(12-10-22)23-7-8-24-20(13-23)16-32-15-19(18-3-5-21(27)6-4-18)14-25(32)26-28-17-29-33(24)26/h3-8,13-15,17,22H,9-12,16H2,1-2H3. The zero-order valence-electron chi connectivity index (χ0n) is 18.9. The van der Waals surface area contributed by atoms with Gasteiger partial charge >= 0.3 is 0 Å². The molecule has 2 aliphatic rings. The van der Waals surface area contributed by atoms with E-state index in [1.807, 2.05) is 16.8 Å². The van der Waals surface area contributed by atoms with Gasteiger partial charge < -0.3 is 14.4 Å². The average Bonchev–Trinajstić information content (AvgIpc) is 3.45. The molecular weight excluding hydrogens is 415 g/mol. The van der Waals surface area contributed by atoms with Crippen LogP contribution in [0, 0.1) is 5.82 Å². The first-order valence-electron chi connectivity index (χ1n) is 11.5. The molecule has 2 aromatic carbocycles. The molecule has 0 saturated carbocycles. The summed E-state index contributed by atoms with van der Waals surface area (Å²) in [5, 5.41) is 4.55. The molecule has 1 fully saturated rings. The number of hydrogen-bond donors (Lipinski definition) is 0. The Morgan fingerprint density at radius 3 is 2.52 bits per heavy atom. The molecule has 0 aliphatic carbocycles. The van der Waals surface area contributed by atoms with Crippen LogP contribution in [0.3, 0.4) is 0 Å². The summed E-state index contributed by atoms with van der Waals surface area (Å²) in [5.41, 5.74) is 6.60. The van der Waals surface area contributed by atoms with Crippen LogP contribution in [0.4, 0.5) is 10.1 Å². The molecule has 2 aromatic heterocycles. The van der Waals surface area contributed by atoms with Gasteiger partial charge in [0.15, 0.2) is 5.82 Å². The zero-order chi connectivity index (χ0) is 22.5. The highest BCUT2D eigenvalue weighted by molar-refractivity contribution is 5.71. The molecule has 1 saturated heterocycles. The van der Waals surface area contributed by atoms with E-state index in [-0.39, 0.29) is 5.82 Å². The summed E-state index contributed by atoms with van der Waals surface area (Å²) in [6.45, 7) is 2.87. The van der Waals surface area contributed by atoms with Crippen LogP contribution in [0.2, 0.25) is 0 Å². The lowest BCUT2D eigenvalue weighted by atomic mass is 10.0. The second-order valence-electron chi connectivity index (χ2n) is 9.24. The van der Waals surface area contributed by atoms with Crippen LogP contribution in [0.1, 0.15) is 18.4 Å². The minimum absolute atomic E-state index is 0.227. The molecule has 0 bridgehead atoms. The van der Waals surface area contributed by atoms with Crippen LogP contribution in [-0.4, -0.2) is 57.5 Å². The summed E-state index contributed by atoms with van der Waals surface area (Å²) < 4.78 is 17.6. The molecule has 4 aromatic rings. The molecule has 2 aliphatic heterocycles. The number of nitrogens with zero attached hydrogens (tertiary/aromatic N) is 6. The minimum atomic E-state index is -0.227. The Morgan fingerprint density at radius 1 is 0.970 bits per heavy atom. The summed E-state index contributed by atoms with van der Waals surface area (Å²) in [5.74, 6) is 0.594. The average molecular weight is 443 g/mol. The van der Waals surface area contributed by atoms with Gasteiger partial charge in [0.2, 0.25) is 0 Å². The highest BCUT2D eigenvalue weighted by atomic mass is 19.1. The van der Waals surface area contributed by atoms with Crippen LogP contribution < -0.4 is 4.90 Å². The summed E-state index contributed by atoms with van der Waals surface area (Å²) in [6.07, 6.45) is 6.10. The van der Waals surface area contributed by atoms with Gasteiger partial charge in [-0.3, -0.25) is 0 Å². The molecule has 33 heavy (non-hydrogen) atoms. The van der Waals surface area contributed by atoms with Crippen molar-refractivity contribution in [2.75, 3.05) is 32.1 Å². The third-order valence-electron chi connectivity index (χ3n) is 7.04. The highest BCUT2D eigenvalue weighted by Crippen LogP contribution is 2.35. The van der Waals surface area contributed by atoms with Crippen molar-refractivity contribution in [3.8, 4) is 28.3 Å². The monoisotopic (exact) mass is 442 g/mol. The lowest BCUT2D eigenvalue weighted by Gasteiger charge is -2.36. The Labute approximate surface area is 192 Å². The number of anilines is 1. The van der Waals surface area contributed by atoms with E-state index in [0.29, 0.717) is 6.04 Å². The minimum Gasteiger partial charge on any atom is -0.371 e. The molecule has 6 rings (SSSR count). The van der Waals surface area contributed by atoms with Gasteiger partial charge in [-0.25, -0.2) is 14.1 Å². The Kier molecular flexibility index (Phi) is 4.80. The maximum absolute atomic E-state index is 13.4. The maximum Gasteiger partial charge on any atom is 0.179 e. The first-order chi connectivity index (χ1) is 16.1. The van der Waals surface area contributed by atoms with Gasteiger partial charge in [0, 0.05) is 43.1 Å². The van der Waals surface area contributed by atoms with E-state index in [1.165, 1.54) is 36.2 Å². The van der Waals surface area contributed by atoms with Crippen molar-refractivity contribution in [1.82, 2.24) is 24.2 Å². The van der Waals surface area contributed by atoms with Gasteiger partial charge in [-0.15, -0.1) is 0 Å². The van der Waals surface area contributed by atoms with E-state index in [4.69, 9.17) is 0 Å². The number of aromatic nitrogens is 4. The lowest BCUT2D eigenvalue weighted by Crippen LogP contribution is -2.42. The largest absolute Gasteiger partial charge is 0.371 e. The molecule has 0 N–H and O–H groups in total. The Morgan fingerprint density at radius 2 is 1.76 bits per heavy atom. The van der Waals surface area contributed by atoms with Crippen molar-refractivity contribution in [1.29, 1.82) is 0 Å². The second-order valence-corrected chi connectivity index (χ2v) is 9.24. The van der Waals surface area contributed by atoms with Gasteiger partial charge in [0.25, 0.3) is 0 Å². The molecule has 7 heteroatoms. The van der Waals surface area contributed by atoms with Crippen LogP contribution in [0.15, 0.2) is 61.1 Å². The first kappa shape index (κ1) is 20.2. The van der Waals surface area contributed by atoms with Crippen LogP contribution >= 0.6 is 0 Å². The highest BCUT2D eigenvalue weighted by Gasteiger charge is 2.25. The number of fused-ring (bicyclic) bond motifs is 5.